The third kappa shape index (κ3) is 6.26. The van der Waals surface area contributed by atoms with Crippen molar-refractivity contribution in [2.24, 2.45) is 0 Å². The van der Waals surface area contributed by atoms with E-state index in [4.69, 9.17) is 9.47 Å². The fraction of sp³-hybridized carbons (Fsp3) is 0.250. The zero-order valence-electron chi connectivity index (χ0n) is 20.4. The van der Waals surface area contributed by atoms with Gasteiger partial charge >= 0.3 is 10.0 Å². The summed E-state index contributed by atoms with van der Waals surface area (Å²) < 4.78 is 40.3. The first-order valence-corrected chi connectivity index (χ1v) is 13.3. The van der Waals surface area contributed by atoms with Crippen LogP contribution in [0.3, 0.4) is 0 Å². The lowest BCUT2D eigenvalue weighted by molar-refractivity contribution is 0.0943. The summed E-state index contributed by atoms with van der Waals surface area (Å²) in [4.78, 5) is 12.6. The van der Waals surface area contributed by atoms with Gasteiger partial charge in [-0.2, -0.15) is 8.42 Å². The number of hydrogen-bond acceptors (Lipinski definition) is 5. The van der Waals surface area contributed by atoms with Gasteiger partial charge in [0, 0.05) is 18.0 Å². The summed E-state index contributed by atoms with van der Waals surface area (Å²) in [6, 6.07) is 15.7. The van der Waals surface area contributed by atoms with Crippen LogP contribution in [0.5, 0.6) is 0 Å². The average Bonchev–Trinajstić information content (AvgIpc) is 2.88. The van der Waals surface area contributed by atoms with Crippen molar-refractivity contribution >= 4 is 21.6 Å². The molecule has 0 fully saturated rings. The van der Waals surface area contributed by atoms with Crippen LogP contribution in [0.2, 0.25) is 0 Å². The number of nitrogens with one attached hydrogen (secondary N) is 1. The number of rotatable bonds is 9. The Bertz CT molecular complexity index is 1320. The molecule has 188 valence electrons. The second kappa shape index (κ2) is 11.3. The van der Waals surface area contributed by atoms with Crippen LogP contribution in [0, 0.1) is 0 Å². The molecule has 2 aliphatic rings. The molecule has 2 aromatic rings. The second-order valence-corrected chi connectivity index (χ2v) is 10.7. The maximum absolute atomic E-state index is 13.9. The first-order chi connectivity index (χ1) is 17.3. The highest BCUT2D eigenvalue weighted by molar-refractivity contribution is 7.96. The number of anilines is 1. The quantitative estimate of drug-likeness (QED) is 0.484. The van der Waals surface area contributed by atoms with E-state index in [0.717, 1.165) is 30.2 Å². The fourth-order valence-corrected chi connectivity index (χ4v) is 5.20. The molecule has 4 rings (SSSR count). The van der Waals surface area contributed by atoms with Gasteiger partial charge in [0.25, 0.3) is 11.0 Å². The molecule has 0 aromatic heterocycles. The number of carbonyl (C=O) groups is 1. The summed E-state index contributed by atoms with van der Waals surface area (Å²) in [5, 5.41) is 2.54. The highest BCUT2D eigenvalue weighted by Crippen LogP contribution is 2.31. The smallest absolute Gasteiger partial charge is 0.301 e. The molecule has 2 aromatic carbocycles. The number of hydrogen-bond donors (Lipinski definition) is 1. The molecule has 1 aliphatic carbocycles. The second-order valence-electron chi connectivity index (χ2n) is 8.90. The summed E-state index contributed by atoms with van der Waals surface area (Å²) in [7, 11) is -4.17. The Morgan fingerprint density at radius 2 is 1.89 bits per heavy atom. The number of allylic oxidation sites excluding steroid dienone is 4. The van der Waals surface area contributed by atoms with Gasteiger partial charge in [0.15, 0.2) is 0 Å². The molecule has 0 spiro atoms. The first-order valence-electron chi connectivity index (χ1n) is 11.9. The Hall–Kier alpha value is -3.78. The highest BCUT2D eigenvalue weighted by atomic mass is 32.2. The van der Waals surface area contributed by atoms with Crippen LogP contribution < -0.4 is 9.62 Å². The molecule has 0 saturated carbocycles. The molecular formula is C28H30N2O5S. The molecule has 0 radical (unpaired) electrons. The van der Waals surface area contributed by atoms with Crippen molar-refractivity contribution < 1.29 is 22.7 Å². The Morgan fingerprint density at radius 3 is 2.61 bits per heavy atom. The molecule has 7 nitrogen and oxygen atoms in total. The maximum atomic E-state index is 13.9. The number of sulfonamides is 1. The molecule has 8 heteroatoms. The van der Waals surface area contributed by atoms with Crippen molar-refractivity contribution in [3.05, 3.63) is 113 Å². The predicted octanol–water partition coefficient (Wildman–Crippen LogP) is 5.51. The number of carbonyl (C=O) groups excluding carboxylic acids is 1. The van der Waals surface area contributed by atoms with Gasteiger partial charge in [-0.05, 0) is 50.5 Å². The molecular weight excluding hydrogens is 476 g/mol. The Kier molecular flexibility index (Phi) is 7.95. The van der Waals surface area contributed by atoms with E-state index < -0.39 is 10.0 Å². The van der Waals surface area contributed by atoms with Crippen molar-refractivity contribution in [2.75, 3.05) is 4.31 Å². The molecule has 1 amide bonds. The van der Waals surface area contributed by atoms with E-state index in [9.17, 15) is 13.2 Å². The van der Waals surface area contributed by atoms with E-state index in [1.807, 2.05) is 56.3 Å². The molecule has 36 heavy (non-hydrogen) atoms. The van der Waals surface area contributed by atoms with Crippen molar-refractivity contribution in [2.45, 2.75) is 45.7 Å². The van der Waals surface area contributed by atoms with Gasteiger partial charge < -0.3 is 14.8 Å². The third-order valence-corrected chi connectivity index (χ3v) is 7.23. The van der Waals surface area contributed by atoms with Gasteiger partial charge in [-0.3, -0.25) is 9.10 Å². The van der Waals surface area contributed by atoms with Crippen LogP contribution >= 0.6 is 0 Å². The normalized spacial score (nSPS) is 15.2. The molecule has 0 saturated heterocycles. The maximum Gasteiger partial charge on any atom is 0.301 e. The molecule has 1 heterocycles. The molecule has 0 bridgehead atoms. The average molecular weight is 507 g/mol. The lowest BCUT2D eigenvalue weighted by Crippen LogP contribution is -2.33. The van der Waals surface area contributed by atoms with Crippen LogP contribution in [0.25, 0.3) is 0 Å². The monoisotopic (exact) mass is 506 g/mol. The summed E-state index contributed by atoms with van der Waals surface area (Å²) >= 11 is 0. The molecule has 1 aliphatic heterocycles. The van der Waals surface area contributed by atoms with Gasteiger partial charge in [-0.15, -0.1) is 0 Å². The van der Waals surface area contributed by atoms with E-state index in [1.54, 1.807) is 24.3 Å². The van der Waals surface area contributed by atoms with Crippen molar-refractivity contribution in [1.29, 1.82) is 0 Å². The molecule has 0 atom stereocenters. The zero-order chi connectivity index (χ0) is 25.5. The molecule has 1 N–H and O–H groups in total. The third-order valence-electron chi connectivity index (χ3n) is 5.63. The van der Waals surface area contributed by atoms with Gasteiger partial charge in [0.1, 0.15) is 18.3 Å². The van der Waals surface area contributed by atoms with E-state index >= 15 is 0 Å². The lowest BCUT2D eigenvalue weighted by atomic mass is 10.0. The fourth-order valence-electron chi connectivity index (χ4n) is 3.88. The predicted molar refractivity (Wildman–Crippen MR) is 140 cm³/mol. The number of ether oxygens (including phenoxy) is 2. The summed E-state index contributed by atoms with van der Waals surface area (Å²) in [6.07, 6.45) is 10.9. The van der Waals surface area contributed by atoms with Crippen LogP contribution in [0.4, 0.5) is 5.69 Å². The summed E-state index contributed by atoms with van der Waals surface area (Å²) in [5.41, 5.74) is 2.62. The van der Waals surface area contributed by atoms with E-state index in [2.05, 4.69) is 11.4 Å². The van der Waals surface area contributed by atoms with Gasteiger partial charge in [0.05, 0.1) is 12.2 Å². The Balaban J connectivity index is 1.64. The summed E-state index contributed by atoms with van der Waals surface area (Å²) in [6.45, 7) is 3.78. The number of amides is 1. The van der Waals surface area contributed by atoms with Crippen LogP contribution in [0.15, 0.2) is 102 Å². The van der Waals surface area contributed by atoms with E-state index in [1.165, 1.54) is 10.6 Å². The minimum atomic E-state index is -4.17. The number of benzene rings is 2. The minimum absolute atomic E-state index is 0.0497. The lowest BCUT2D eigenvalue weighted by Gasteiger charge is -2.27. The zero-order valence-corrected chi connectivity index (χ0v) is 21.2. The van der Waals surface area contributed by atoms with Gasteiger partial charge in [-0.25, -0.2) is 0 Å². The topological polar surface area (TPSA) is 84.9 Å². The highest BCUT2D eigenvalue weighted by Gasteiger charge is 2.32. The van der Waals surface area contributed by atoms with Crippen LogP contribution in [0.1, 0.15) is 49.0 Å². The van der Waals surface area contributed by atoms with Crippen molar-refractivity contribution in [1.82, 2.24) is 5.32 Å². The minimum Gasteiger partial charge on any atom is -0.464 e. The van der Waals surface area contributed by atoms with Crippen LogP contribution in [-0.4, -0.2) is 20.4 Å². The largest absolute Gasteiger partial charge is 0.464 e. The Morgan fingerprint density at radius 1 is 1.08 bits per heavy atom. The van der Waals surface area contributed by atoms with Gasteiger partial charge in [0.2, 0.25) is 0 Å². The van der Waals surface area contributed by atoms with Gasteiger partial charge in [-0.1, -0.05) is 60.2 Å². The van der Waals surface area contributed by atoms with E-state index in [0.29, 0.717) is 23.4 Å². The summed E-state index contributed by atoms with van der Waals surface area (Å²) in [5.74, 6) is 0.141. The van der Waals surface area contributed by atoms with Crippen LogP contribution in [-0.2, 0) is 26.0 Å². The number of nitrogens with zero attached hydrogens (tertiary/aromatic N) is 1. The van der Waals surface area contributed by atoms with Crippen molar-refractivity contribution in [3.63, 3.8) is 0 Å². The Labute approximate surface area is 212 Å². The first kappa shape index (κ1) is 25.3. The SMILES string of the molecule is CC(C)NC(=O)c1cccc(N(Cc2ccccc2)S(=O)(=O)C2=COC=C(CC3=CC=CCC3)O2)c1. The standard InChI is InChI=1S/C28H30N2O5S/c1-21(2)29-28(31)24-14-9-15-25(17-24)30(18-23-12-7-4-8-13-23)36(32,33)27-20-34-19-26(35-27)16-22-10-5-3-6-11-22/h3-5,7-10,12-15,17,19-21H,6,11,16,18H2,1-2H3,(H,29,31). The van der Waals surface area contributed by atoms with E-state index in [-0.39, 0.29) is 23.6 Å². The molecule has 0 unspecified atom stereocenters. The van der Waals surface area contributed by atoms with Crippen molar-refractivity contribution in [3.8, 4) is 0 Å².